The van der Waals surface area contributed by atoms with Gasteiger partial charge in [0.05, 0.1) is 6.04 Å². The van der Waals surface area contributed by atoms with Crippen LogP contribution in [0.5, 0.6) is 0 Å². The molecule has 0 saturated carbocycles. The zero-order chi connectivity index (χ0) is 10.6. The van der Waals surface area contributed by atoms with Gasteiger partial charge in [-0.2, -0.15) is 0 Å². The molecule has 0 bridgehead atoms. The first kappa shape index (κ1) is 11.2. The quantitative estimate of drug-likeness (QED) is 0.786. The third-order valence-corrected chi connectivity index (χ3v) is 2.11. The van der Waals surface area contributed by atoms with Crippen LogP contribution in [-0.4, -0.2) is 16.7 Å². The molecule has 0 aliphatic heterocycles. The molecule has 1 aromatic heterocycles. The van der Waals surface area contributed by atoms with Crippen molar-refractivity contribution in [1.82, 2.24) is 15.5 Å². The van der Waals surface area contributed by atoms with Crippen LogP contribution in [0.15, 0.2) is 4.42 Å². The molecule has 1 heterocycles. The maximum absolute atomic E-state index is 5.57. The molecule has 1 atom stereocenters. The Morgan fingerprint density at radius 2 is 1.86 bits per heavy atom. The fourth-order valence-electron chi connectivity index (χ4n) is 1.27. The van der Waals surface area contributed by atoms with Crippen molar-refractivity contribution >= 4 is 0 Å². The van der Waals surface area contributed by atoms with Gasteiger partial charge in [0.1, 0.15) is 0 Å². The number of hydrogen-bond donors (Lipinski definition) is 1. The van der Waals surface area contributed by atoms with Crippen molar-refractivity contribution in [2.24, 2.45) is 0 Å². The van der Waals surface area contributed by atoms with Gasteiger partial charge in [0.25, 0.3) is 0 Å². The molecule has 0 fully saturated rings. The highest BCUT2D eigenvalue weighted by Gasteiger charge is 2.16. The second-order valence-electron chi connectivity index (χ2n) is 3.65. The van der Waals surface area contributed by atoms with Gasteiger partial charge >= 0.3 is 0 Å². The third-order valence-electron chi connectivity index (χ3n) is 2.11. The SMILES string of the molecule is CCNC(CC)c1nnc(C(C)C)o1. The summed E-state index contributed by atoms with van der Waals surface area (Å²) in [6.45, 7) is 9.18. The molecule has 0 amide bonds. The van der Waals surface area contributed by atoms with E-state index in [2.05, 4.69) is 29.4 Å². The van der Waals surface area contributed by atoms with E-state index in [0.29, 0.717) is 11.8 Å². The van der Waals surface area contributed by atoms with E-state index >= 15 is 0 Å². The molecule has 0 aromatic carbocycles. The fraction of sp³-hybridized carbons (Fsp3) is 0.800. The van der Waals surface area contributed by atoms with Crippen molar-refractivity contribution in [1.29, 1.82) is 0 Å². The van der Waals surface area contributed by atoms with Crippen LogP contribution in [-0.2, 0) is 0 Å². The Kier molecular flexibility index (Phi) is 4.07. The Labute approximate surface area is 85.1 Å². The maximum Gasteiger partial charge on any atom is 0.233 e. The van der Waals surface area contributed by atoms with Crippen LogP contribution in [0, 0.1) is 0 Å². The van der Waals surface area contributed by atoms with Crippen LogP contribution >= 0.6 is 0 Å². The Hall–Kier alpha value is -0.900. The summed E-state index contributed by atoms with van der Waals surface area (Å²) in [4.78, 5) is 0. The highest BCUT2D eigenvalue weighted by atomic mass is 16.4. The lowest BCUT2D eigenvalue weighted by Crippen LogP contribution is -2.20. The Morgan fingerprint density at radius 1 is 1.21 bits per heavy atom. The molecule has 4 nitrogen and oxygen atoms in total. The van der Waals surface area contributed by atoms with E-state index in [4.69, 9.17) is 4.42 Å². The van der Waals surface area contributed by atoms with E-state index < -0.39 is 0 Å². The van der Waals surface area contributed by atoms with Crippen molar-refractivity contribution in [3.63, 3.8) is 0 Å². The average Bonchev–Trinajstić information content (AvgIpc) is 2.63. The fourth-order valence-corrected chi connectivity index (χ4v) is 1.27. The van der Waals surface area contributed by atoms with E-state index in [1.807, 2.05) is 13.8 Å². The second kappa shape index (κ2) is 5.10. The van der Waals surface area contributed by atoms with E-state index in [9.17, 15) is 0 Å². The minimum Gasteiger partial charge on any atom is -0.423 e. The van der Waals surface area contributed by atoms with E-state index in [-0.39, 0.29) is 6.04 Å². The molecule has 0 radical (unpaired) electrons. The summed E-state index contributed by atoms with van der Waals surface area (Å²) in [5.74, 6) is 1.73. The topological polar surface area (TPSA) is 51.0 Å². The van der Waals surface area contributed by atoms with E-state index in [0.717, 1.165) is 18.9 Å². The summed E-state index contributed by atoms with van der Waals surface area (Å²) in [6, 6.07) is 0.194. The minimum absolute atomic E-state index is 0.194. The molecule has 0 spiro atoms. The van der Waals surface area contributed by atoms with E-state index in [1.54, 1.807) is 0 Å². The average molecular weight is 197 g/mol. The largest absolute Gasteiger partial charge is 0.423 e. The highest BCUT2D eigenvalue weighted by Crippen LogP contribution is 2.18. The molecule has 0 saturated heterocycles. The maximum atomic E-state index is 5.57. The van der Waals surface area contributed by atoms with Crippen LogP contribution in [0.3, 0.4) is 0 Å². The van der Waals surface area contributed by atoms with Crippen molar-refractivity contribution < 1.29 is 4.42 Å². The van der Waals surface area contributed by atoms with Crippen molar-refractivity contribution in [3.8, 4) is 0 Å². The van der Waals surface area contributed by atoms with Crippen LogP contribution < -0.4 is 5.32 Å². The van der Waals surface area contributed by atoms with Gasteiger partial charge in [-0.1, -0.05) is 27.7 Å². The Morgan fingerprint density at radius 3 is 2.29 bits per heavy atom. The zero-order valence-electron chi connectivity index (χ0n) is 9.37. The molecule has 4 heteroatoms. The lowest BCUT2D eigenvalue weighted by molar-refractivity contribution is 0.369. The van der Waals surface area contributed by atoms with Crippen molar-refractivity contribution in [3.05, 3.63) is 11.8 Å². The van der Waals surface area contributed by atoms with Crippen LogP contribution in [0.4, 0.5) is 0 Å². The number of nitrogens with one attached hydrogen (secondary N) is 1. The first-order valence-corrected chi connectivity index (χ1v) is 5.25. The van der Waals surface area contributed by atoms with Crippen LogP contribution in [0.1, 0.15) is 57.9 Å². The molecule has 80 valence electrons. The summed E-state index contributed by atoms with van der Waals surface area (Å²) >= 11 is 0. The lowest BCUT2D eigenvalue weighted by Gasteiger charge is -2.10. The number of nitrogens with zero attached hydrogens (tertiary/aromatic N) is 2. The first-order valence-electron chi connectivity index (χ1n) is 5.25. The Balaban J connectivity index is 2.73. The molecule has 1 aromatic rings. The minimum atomic E-state index is 0.194. The molecule has 0 aliphatic carbocycles. The molecule has 0 aliphatic rings. The second-order valence-corrected chi connectivity index (χ2v) is 3.65. The monoisotopic (exact) mass is 197 g/mol. The smallest absolute Gasteiger partial charge is 0.233 e. The van der Waals surface area contributed by atoms with Gasteiger partial charge in [0.15, 0.2) is 0 Å². The number of hydrogen-bond acceptors (Lipinski definition) is 4. The predicted molar refractivity (Wildman–Crippen MR) is 55.1 cm³/mol. The summed E-state index contributed by atoms with van der Waals surface area (Å²) in [7, 11) is 0. The van der Waals surface area contributed by atoms with Gasteiger partial charge in [0.2, 0.25) is 11.8 Å². The predicted octanol–water partition coefficient (Wildman–Crippen LogP) is 2.25. The molecule has 1 unspecified atom stereocenters. The van der Waals surface area contributed by atoms with Gasteiger partial charge in [0, 0.05) is 5.92 Å². The normalized spacial score (nSPS) is 13.5. The third kappa shape index (κ3) is 2.54. The molecule has 1 N–H and O–H groups in total. The Bertz CT molecular complexity index is 270. The van der Waals surface area contributed by atoms with Gasteiger partial charge in [-0.25, -0.2) is 0 Å². The number of aromatic nitrogens is 2. The first-order chi connectivity index (χ1) is 6.69. The van der Waals surface area contributed by atoms with Gasteiger partial charge < -0.3 is 9.73 Å². The number of rotatable bonds is 5. The highest BCUT2D eigenvalue weighted by molar-refractivity contribution is 4.92. The molecule has 14 heavy (non-hydrogen) atoms. The van der Waals surface area contributed by atoms with Gasteiger partial charge in [-0.15, -0.1) is 10.2 Å². The summed E-state index contributed by atoms with van der Waals surface area (Å²) in [5.41, 5.74) is 0. The van der Waals surface area contributed by atoms with Gasteiger partial charge in [-0.05, 0) is 13.0 Å². The standard InChI is InChI=1S/C10H19N3O/c1-5-8(11-6-2)10-13-12-9(14-10)7(3)4/h7-8,11H,5-6H2,1-4H3. The van der Waals surface area contributed by atoms with Crippen LogP contribution in [0.25, 0.3) is 0 Å². The van der Waals surface area contributed by atoms with Gasteiger partial charge in [-0.3, -0.25) is 0 Å². The molecular formula is C10H19N3O. The summed E-state index contributed by atoms with van der Waals surface area (Å²) in [5, 5.41) is 11.4. The van der Waals surface area contributed by atoms with Crippen LogP contribution in [0.2, 0.25) is 0 Å². The van der Waals surface area contributed by atoms with Crippen molar-refractivity contribution in [2.45, 2.75) is 46.1 Å². The summed E-state index contributed by atoms with van der Waals surface area (Å²) in [6.07, 6.45) is 0.966. The molecular weight excluding hydrogens is 178 g/mol. The summed E-state index contributed by atoms with van der Waals surface area (Å²) < 4.78 is 5.57. The molecule has 1 rings (SSSR count). The zero-order valence-corrected chi connectivity index (χ0v) is 9.37. The van der Waals surface area contributed by atoms with E-state index in [1.165, 1.54) is 0 Å². The lowest BCUT2D eigenvalue weighted by atomic mass is 10.2. The van der Waals surface area contributed by atoms with Crippen molar-refractivity contribution in [2.75, 3.05) is 6.54 Å².